The van der Waals surface area contributed by atoms with E-state index in [2.05, 4.69) is 5.32 Å². The number of fused-ring (bicyclic) bond motifs is 2. The largest absolute Gasteiger partial charge is 0.488 e. The van der Waals surface area contributed by atoms with Gasteiger partial charge in [0, 0.05) is 30.4 Å². The first-order valence-electron chi connectivity index (χ1n) is 10.4. The average Bonchev–Trinajstić information content (AvgIpc) is 2.75. The lowest BCUT2D eigenvalue weighted by molar-refractivity contribution is -0.112. The molecule has 0 radical (unpaired) electrons. The number of halogens is 2. The summed E-state index contributed by atoms with van der Waals surface area (Å²) in [5.74, 6) is -2.90. The highest BCUT2D eigenvalue weighted by atomic mass is 19.1. The van der Waals surface area contributed by atoms with E-state index in [4.69, 9.17) is 9.47 Å². The lowest BCUT2D eigenvalue weighted by Gasteiger charge is -2.44. The summed E-state index contributed by atoms with van der Waals surface area (Å²) in [4.78, 5) is 40.6. The van der Waals surface area contributed by atoms with Crippen LogP contribution in [0.2, 0.25) is 0 Å². The van der Waals surface area contributed by atoms with Crippen LogP contribution in [0.1, 0.15) is 46.7 Å². The maximum absolute atomic E-state index is 13.9. The Bertz CT molecular complexity index is 1130. The molecule has 1 fully saturated rings. The van der Waals surface area contributed by atoms with Crippen molar-refractivity contribution in [2.24, 2.45) is 0 Å². The number of aromatic nitrogens is 1. The van der Waals surface area contributed by atoms with Gasteiger partial charge in [-0.2, -0.15) is 0 Å². The third kappa shape index (κ3) is 3.86. The van der Waals surface area contributed by atoms with Gasteiger partial charge in [0.15, 0.2) is 17.7 Å². The number of hydrogen-bond acceptors (Lipinski definition) is 5. The van der Waals surface area contributed by atoms with Crippen molar-refractivity contribution in [1.29, 1.82) is 0 Å². The quantitative estimate of drug-likeness (QED) is 0.758. The van der Waals surface area contributed by atoms with E-state index in [-0.39, 0.29) is 48.3 Å². The molecule has 1 N–H and O–H groups in total. The van der Waals surface area contributed by atoms with Crippen LogP contribution < -0.4 is 15.5 Å². The Morgan fingerprint density at radius 3 is 2.81 bits per heavy atom. The van der Waals surface area contributed by atoms with Crippen molar-refractivity contribution in [3.8, 4) is 5.75 Å². The van der Waals surface area contributed by atoms with Crippen molar-refractivity contribution in [1.82, 2.24) is 14.8 Å². The second-order valence-electron chi connectivity index (χ2n) is 7.73. The summed E-state index contributed by atoms with van der Waals surface area (Å²) < 4.78 is 39.7. The molecule has 170 valence electrons. The topological polar surface area (TPSA) is 89.9 Å². The van der Waals surface area contributed by atoms with E-state index in [1.165, 1.54) is 16.8 Å². The molecule has 3 heterocycles. The number of rotatable bonds is 5. The molecule has 2 atom stereocenters. The molecule has 2 aliphatic heterocycles. The summed E-state index contributed by atoms with van der Waals surface area (Å²) in [6.07, 6.45) is 1.46. The summed E-state index contributed by atoms with van der Waals surface area (Å²) in [6.45, 7) is 4.20. The molecule has 1 saturated heterocycles. The van der Waals surface area contributed by atoms with Crippen molar-refractivity contribution in [3.63, 3.8) is 0 Å². The molecule has 8 nitrogen and oxygen atoms in total. The number of nitrogens with one attached hydrogen (secondary N) is 1. The average molecular weight is 447 g/mol. The molecule has 2 amide bonds. The lowest BCUT2D eigenvalue weighted by atomic mass is 10.1. The molecule has 0 unspecified atom stereocenters. The summed E-state index contributed by atoms with van der Waals surface area (Å²) >= 11 is 0. The third-order valence-corrected chi connectivity index (χ3v) is 5.65. The minimum atomic E-state index is -0.809. The van der Waals surface area contributed by atoms with Crippen molar-refractivity contribution < 1.29 is 27.8 Å². The number of carbonyl (C=O) groups is 2. The van der Waals surface area contributed by atoms with Crippen LogP contribution in [0.5, 0.6) is 5.75 Å². The van der Waals surface area contributed by atoms with E-state index < -0.39 is 35.1 Å². The molecule has 32 heavy (non-hydrogen) atoms. The molecular formula is C22H23F2N3O5. The molecule has 10 heteroatoms. The van der Waals surface area contributed by atoms with Crippen LogP contribution >= 0.6 is 0 Å². The predicted molar refractivity (Wildman–Crippen MR) is 109 cm³/mol. The number of amides is 2. The number of ether oxygens (including phenoxy) is 2. The van der Waals surface area contributed by atoms with Crippen LogP contribution in [0.15, 0.2) is 29.2 Å². The van der Waals surface area contributed by atoms with E-state index in [1.54, 1.807) is 11.8 Å². The Morgan fingerprint density at radius 1 is 1.31 bits per heavy atom. The van der Waals surface area contributed by atoms with Gasteiger partial charge in [-0.05, 0) is 26.3 Å². The molecule has 0 spiro atoms. The van der Waals surface area contributed by atoms with Crippen molar-refractivity contribution >= 4 is 11.8 Å². The van der Waals surface area contributed by atoms with Crippen LogP contribution in [0.3, 0.4) is 0 Å². The highest BCUT2D eigenvalue weighted by molar-refractivity contribution is 5.99. The first-order valence-corrected chi connectivity index (χ1v) is 10.4. The Morgan fingerprint density at radius 2 is 2.09 bits per heavy atom. The van der Waals surface area contributed by atoms with E-state index >= 15 is 0 Å². The first-order chi connectivity index (χ1) is 15.3. The van der Waals surface area contributed by atoms with Gasteiger partial charge in [-0.3, -0.25) is 14.4 Å². The zero-order valence-electron chi connectivity index (χ0n) is 17.7. The van der Waals surface area contributed by atoms with E-state index in [1.807, 2.05) is 6.92 Å². The van der Waals surface area contributed by atoms with Crippen molar-refractivity contribution in [2.75, 3.05) is 13.2 Å². The standard InChI is InChI=1S/C22H23F2N3O5/c1-3-31-20-18-22(30)27-12(2)6-7-32-17(27)11-26(18)10-15(19(20)28)21(29)25-9-13-4-5-14(23)8-16(13)24/h4-5,8,10,12,17H,3,6-7,9,11H2,1-2H3,(H,25,29)/t12-,17+/m1/s1. The number of hydrogen-bond donors (Lipinski definition) is 1. The monoisotopic (exact) mass is 447 g/mol. The molecule has 0 aliphatic carbocycles. The molecule has 1 aromatic carbocycles. The highest BCUT2D eigenvalue weighted by Crippen LogP contribution is 2.29. The zero-order valence-corrected chi connectivity index (χ0v) is 17.7. The molecule has 0 saturated carbocycles. The summed E-state index contributed by atoms with van der Waals surface area (Å²) in [7, 11) is 0. The van der Waals surface area contributed by atoms with Gasteiger partial charge in [0.25, 0.3) is 11.8 Å². The fraction of sp³-hybridized carbons (Fsp3) is 0.409. The molecular weight excluding hydrogens is 424 g/mol. The van der Waals surface area contributed by atoms with Crippen LogP contribution in [-0.4, -0.2) is 46.8 Å². The second kappa shape index (κ2) is 8.70. The molecule has 0 bridgehead atoms. The van der Waals surface area contributed by atoms with Gasteiger partial charge in [-0.1, -0.05) is 6.07 Å². The molecule has 4 rings (SSSR count). The molecule has 2 aliphatic rings. The van der Waals surface area contributed by atoms with E-state index in [0.29, 0.717) is 19.1 Å². The molecule has 1 aromatic heterocycles. The highest BCUT2D eigenvalue weighted by Gasteiger charge is 2.41. The van der Waals surface area contributed by atoms with Gasteiger partial charge >= 0.3 is 0 Å². The zero-order chi connectivity index (χ0) is 23.0. The number of nitrogens with zero attached hydrogens (tertiary/aromatic N) is 2. The van der Waals surface area contributed by atoms with Gasteiger partial charge < -0.3 is 24.3 Å². The van der Waals surface area contributed by atoms with Crippen LogP contribution in [0, 0.1) is 11.6 Å². The Labute approximate surface area is 182 Å². The minimum Gasteiger partial charge on any atom is -0.488 e. The van der Waals surface area contributed by atoms with Gasteiger partial charge in [-0.25, -0.2) is 8.78 Å². The van der Waals surface area contributed by atoms with Gasteiger partial charge in [0.05, 0.1) is 19.8 Å². The fourth-order valence-electron chi connectivity index (χ4n) is 4.02. The minimum absolute atomic E-state index is 0.0619. The predicted octanol–water partition coefficient (Wildman–Crippen LogP) is 2.05. The van der Waals surface area contributed by atoms with Crippen molar-refractivity contribution in [2.45, 2.75) is 45.6 Å². The Balaban J connectivity index is 1.68. The maximum Gasteiger partial charge on any atom is 0.276 e. The summed E-state index contributed by atoms with van der Waals surface area (Å²) in [6, 6.07) is 2.94. The first kappa shape index (κ1) is 21.9. The fourth-order valence-corrected chi connectivity index (χ4v) is 4.02. The normalized spacial score (nSPS) is 19.9. The maximum atomic E-state index is 13.9. The summed E-state index contributed by atoms with van der Waals surface area (Å²) in [5, 5.41) is 2.47. The van der Waals surface area contributed by atoms with Gasteiger partial charge in [0.2, 0.25) is 5.43 Å². The van der Waals surface area contributed by atoms with Gasteiger partial charge in [-0.15, -0.1) is 0 Å². The smallest absolute Gasteiger partial charge is 0.276 e. The Kier molecular flexibility index (Phi) is 5.96. The van der Waals surface area contributed by atoms with E-state index in [0.717, 1.165) is 6.07 Å². The summed E-state index contributed by atoms with van der Waals surface area (Å²) in [5.41, 5.74) is -0.831. The van der Waals surface area contributed by atoms with Crippen LogP contribution in [0.25, 0.3) is 0 Å². The molecule has 2 aromatic rings. The van der Waals surface area contributed by atoms with E-state index in [9.17, 15) is 23.2 Å². The number of benzene rings is 1. The number of carbonyl (C=O) groups excluding carboxylic acids is 2. The van der Waals surface area contributed by atoms with Crippen LogP contribution in [0.4, 0.5) is 8.78 Å². The number of pyridine rings is 1. The van der Waals surface area contributed by atoms with Gasteiger partial charge in [0.1, 0.15) is 17.2 Å². The van der Waals surface area contributed by atoms with Crippen molar-refractivity contribution in [3.05, 3.63) is 63.1 Å². The second-order valence-corrected chi connectivity index (χ2v) is 7.73. The third-order valence-electron chi connectivity index (χ3n) is 5.65. The lowest BCUT2D eigenvalue weighted by Crippen LogP contribution is -2.57. The Hall–Kier alpha value is -3.27. The SMILES string of the molecule is CCOc1c2n(cc(C(=O)NCc3ccc(F)cc3F)c1=O)C[C@@H]1OCC[C@@H](C)N1C2=O. The van der Waals surface area contributed by atoms with Crippen LogP contribution in [-0.2, 0) is 17.8 Å².